The van der Waals surface area contributed by atoms with E-state index in [-0.39, 0.29) is 12.0 Å². The Kier molecular flexibility index (Phi) is 4.62. The molecule has 0 amide bonds. The van der Waals surface area contributed by atoms with Gasteiger partial charge in [0.1, 0.15) is 6.04 Å². The van der Waals surface area contributed by atoms with Gasteiger partial charge in [0.25, 0.3) is 0 Å². The first-order valence-electron chi connectivity index (χ1n) is 7.21. The lowest BCUT2D eigenvalue weighted by Crippen LogP contribution is -2.50. The van der Waals surface area contributed by atoms with Crippen LogP contribution < -0.4 is 0 Å². The summed E-state index contributed by atoms with van der Waals surface area (Å²) in [5, 5.41) is 0. The van der Waals surface area contributed by atoms with Gasteiger partial charge in [-0.05, 0) is 59.2 Å². The highest BCUT2D eigenvalue weighted by molar-refractivity contribution is 5.76. The maximum Gasteiger partial charge on any atom is 0.323 e. The van der Waals surface area contributed by atoms with Crippen molar-refractivity contribution in [2.45, 2.75) is 57.7 Å². The Morgan fingerprint density at radius 2 is 1.83 bits per heavy atom. The number of ether oxygens (including phenoxy) is 1. The Bertz CT molecular complexity index is 286. The number of nitrogens with zero attached hydrogens (tertiary/aromatic N) is 2. The lowest BCUT2D eigenvalue weighted by Gasteiger charge is -2.40. The van der Waals surface area contributed by atoms with Gasteiger partial charge in [-0.25, -0.2) is 0 Å². The van der Waals surface area contributed by atoms with Gasteiger partial charge >= 0.3 is 5.97 Å². The minimum absolute atomic E-state index is 0.0191. The third kappa shape index (κ3) is 2.86. The highest BCUT2D eigenvalue weighted by Crippen LogP contribution is 2.27. The fourth-order valence-corrected chi connectivity index (χ4v) is 3.35. The number of carbonyl (C=O) groups is 1. The number of hydrogen-bond donors (Lipinski definition) is 0. The maximum absolute atomic E-state index is 11.8. The molecule has 2 heterocycles. The average molecular weight is 254 g/mol. The van der Waals surface area contributed by atoms with Gasteiger partial charge in [0.2, 0.25) is 0 Å². The highest BCUT2D eigenvalue weighted by Gasteiger charge is 2.37. The smallest absolute Gasteiger partial charge is 0.323 e. The second-order valence-electron chi connectivity index (χ2n) is 5.78. The van der Waals surface area contributed by atoms with Crippen LogP contribution in [0.1, 0.15) is 39.5 Å². The molecule has 0 aromatic rings. The number of carbonyl (C=O) groups excluding carboxylic acids is 1. The first kappa shape index (κ1) is 13.8. The molecule has 1 atom stereocenters. The largest absolute Gasteiger partial charge is 0.468 e. The van der Waals surface area contributed by atoms with Crippen LogP contribution in [0.15, 0.2) is 0 Å². The van der Waals surface area contributed by atoms with Crippen LogP contribution in [-0.2, 0) is 9.53 Å². The number of esters is 1. The first-order valence-corrected chi connectivity index (χ1v) is 7.21. The number of rotatable bonds is 3. The van der Waals surface area contributed by atoms with Crippen LogP contribution in [0.5, 0.6) is 0 Å². The Balaban J connectivity index is 1.90. The van der Waals surface area contributed by atoms with Gasteiger partial charge in [0, 0.05) is 12.1 Å². The van der Waals surface area contributed by atoms with E-state index in [9.17, 15) is 4.79 Å². The SMILES string of the molecule is COC(=O)[C@@H]1CCCN1C1CCN(C(C)C)CC1. The number of hydrogen-bond acceptors (Lipinski definition) is 4. The van der Waals surface area contributed by atoms with E-state index in [0.717, 1.165) is 32.5 Å². The zero-order chi connectivity index (χ0) is 13.1. The molecular formula is C14H26N2O2. The standard InChI is InChI=1S/C14H26N2O2/c1-11(2)15-9-6-12(7-10-15)16-8-4-5-13(16)14(17)18-3/h11-13H,4-10H2,1-3H3/t13-/m0/s1. The van der Waals surface area contributed by atoms with Crippen molar-refractivity contribution in [3.05, 3.63) is 0 Å². The van der Waals surface area contributed by atoms with Crippen LogP contribution in [0.4, 0.5) is 0 Å². The van der Waals surface area contributed by atoms with E-state index in [1.165, 1.54) is 20.0 Å². The van der Waals surface area contributed by atoms with Gasteiger partial charge in [-0.3, -0.25) is 9.69 Å². The summed E-state index contributed by atoms with van der Waals surface area (Å²) in [6, 6.07) is 1.23. The quantitative estimate of drug-likeness (QED) is 0.715. The van der Waals surface area contributed by atoms with E-state index in [1.807, 2.05) is 0 Å². The summed E-state index contributed by atoms with van der Waals surface area (Å²) < 4.78 is 4.92. The van der Waals surface area contributed by atoms with Crippen LogP contribution in [-0.4, -0.2) is 60.6 Å². The predicted octanol–water partition coefficient (Wildman–Crippen LogP) is 1.50. The molecule has 2 aliphatic rings. The third-order valence-corrected chi connectivity index (χ3v) is 4.47. The zero-order valence-corrected chi connectivity index (χ0v) is 11.9. The summed E-state index contributed by atoms with van der Waals surface area (Å²) in [5.41, 5.74) is 0. The molecule has 0 bridgehead atoms. The molecule has 0 saturated carbocycles. The molecule has 2 aliphatic heterocycles. The molecular weight excluding hydrogens is 228 g/mol. The lowest BCUT2D eigenvalue weighted by atomic mass is 10.0. The van der Waals surface area contributed by atoms with Crippen molar-refractivity contribution < 1.29 is 9.53 Å². The maximum atomic E-state index is 11.8. The Morgan fingerprint density at radius 1 is 1.17 bits per heavy atom. The molecule has 2 fully saturated rings. The molecule has 0 radical (unpaired) electrons. The fourth-order valence-electron chi connectivity index (χ4n) is 3.35. The van der Waals surface area contributed by atoms with Crippen LogP contribution in [0, 0.1) is 0 Å². The van der Waals surface area contributed by atoms with Crippen LogP contribution >= 0.6 is 0 Å². The minimum atomic E-state index is -0.0428. The minimum Gasteiger partial charge on any atom is -0.468 e. The van der Waals surface area contributed by atoms with Crippen molar-refractivity contribution >= 4 is 5.97 Å². The van der Waals surface area contributed by atoms with Crippen LogP contribution in [0.25, 0.3) is 0 Å². The second kappa shape index (κ2) is 6.02. The van der Waals surface area contributed by atoms with Crippen molar-refractivity contribution in [1.82, 2.24) is 9.80 Å². The third-order valence-electron chi connectivity index (χ3n) is 4.47. The summed E-state index contributed by atoms with van der Waals surface area (Å²) in [6.45, 7) is 7.90. The molecule has 0 unspecified atom stereocenters. The number of piperidine rings is 1. The van der Waals surface area contributed by atoms with Crippen molar-refractivity contribution in [3.8, 4) is 0 Å². The van der Waals surface area contributed by atoms with Crippen LogP contribution in [0.2, 0.25) is 0 Å². The predicted molar refractivity (Wildman–Crippen MR) is 71.5 cm³/mol. The van der Waals surface area contributed by atoms with E-state index < -0.39 is 0 Å². The molecule has 0 spiro atoms. The molecule has 0 aliphatic carbocycles. The normalized spacial score (nSPS) is 27.9. The lowest BCUT2D eigenvalue weighted by molar-refractivity contribution is -0.147. The summed E-state index contributed by atoms with van der Waals surface area (Å²) >= 11 is 0. The summed E-state index contributed by atoms with van der Waals surface area (Å²) in [5.74, 6) is -0.0428. The van der Waals surface area contributed by atoms with E-state index in [2.05, 4.69) is 23.6 Å². The van der Waals surface area contributed by atoms with Gasteiger partial charge < -0.3 is 9.64 Å². The van der Waals surface area contributed by atoms with Gasteiger partial charge in [-0.1, -0.05) is 0 Å². The zero-order valence-electron chi connectivity index (χ0n) is 11.9. The van der Waals surface area contributed by atoms with Crippen molar-refractivity contribution in [2.75, 3.05) is 26.7 Å². The average Bonchev–Trinajstić information content (AvgIpc) is 2.87. The van der Waals surface area contributed by atoms with E-state index in [0.29, 0.717) is 12.1 Å². The van der Waals surface area contributed by atoms with Crippen LogP contribution in [0.3, 0.4) is 0 Å². The molecule has 0 aromatic heterocycles. The molecule has 2 rings (SSSR count). The molecule has 4 nitrogen and oxygen atoms in total. The summed E-state index contributed by atoms with van der Waals surface area (Å²) in [4.78, 5) is 16.7. The monoisotopic (exact) mass is 254 g/mol. The van der Waals surface area contributed by atoms with Gasteiger partial charge in [0.05, 0.1) is 7.11 Å². The molecule has 2 saturated heterocycles. The Morgan fingerprint density at radius 3 is 2.39 bits per heavy atom. The molecule has 0 N–H and O–H groups in total. The summed E-state index contributed by atoms with van der Waals surface area (Å²) in [6.07, 6.45) is 4.47. The second-order valence-corrected chi connectivity index (χ2v) is 5.78. The first-order chi connectivity index (χ1) is 8.63. The van der Waals surface area contributed by atoms with Crippen molar-refractivity contribution in [3.63, 3.8) is 0 Å². The molecule has 18 heavy (non-hydrogen) atoms. The highest BCUT2D eigenvalue weighted by atomic mass is 16.5. The molecule has 4 heteroatoms. The van der Waals surface area contributed by atoms with Crippen molar-refractivity contribution in [1.29, 1.82) is 0 Å². The van der Waals surface area contributed by atoms with Crippen molar-refractivity contribution in [2.24, 2.45) is 0 Å². The van der Waals surface area contributed by atoms with Gasteiger partial charge in [0.15, 0.2) is 0 Å². The van der Waals surface area contributed by atoms with E-state index >= 15 is 0 Å². The van der Waals surface area contributed by atoms with Gasteiger partial charge in [-0.15, -0.1) is 0 Å². The topological polar surface area (TPSA) is 32.8 Å². The Labute approximate surface area is 110 Å². The molecule has 0 aromatic carbocycles. The Hall–Kier alpha value is -0.610. The molecule has 104 valence electrons. The van der Waals surface area contributed by atoms with E-state index in [4.69, 9.17) is 4.74 Å². The summed E-state index contributed by atoms with van der Waals surface area (Å²) in [7, 11) is 1.50. The number of likely N-dealkylation sites (tertiary alicyclic amines) is 2. The van der Waals surface area contributed by atoms with Gasteiger partial charge in [-0.2, -0.15) is 0 Å². The fraction of sp³-hybridized carbons (Fsp3) is 0.929. The van der Waals surface area contributed by atoms with E-state index in [1.54, 1.807) is 0 Å². The number of methoxy groups -OCH3 is 1.